The molecule has 3 N–H and O–H groups in total. The van der Waals surface area contributed by atoms with E-state index in [1.54, 1.807) is 0 Å². The Morgan fingerprint density at radius 3 is 2.57 bits per heavy atom. The Morgan fingerprint density at radius 1 is 1.32 bits per heavy atom. The third-order valence-electron chi connectivity index (χ3n) is 7.28. The number of fused-ring (bicyclic) bond motifs is 1. The molecule has 6 heteroatoms. The van der Waals surface area contributed by atoms with Crippen LogP contribution in [0.4, 0.5) is 0 Å². The molecule has 0 bridgehead atoms. The molecule has 0 aliphatic heterocycles. The molecule has 0 radical (unpaired) electrons. The minimum absolute atomic E-state index is 0.0276. The highest BCUT2D eigenvalue weighted by molar-refractivity contribution is 5.80. The number of hydrogen-bond acceptors (Lipinski definition) is 5. The van der Waals surface area contributed by atoms with Crippen molar-refractivity contribution >= 4 is 11.9 Å². The van der Waals surface area contributed by atoms with Gasteiger partial charge in [-0.25, -0.2) is 4.79 Å². The number of aliphatic hydroxyl groups is 2. The van der Waals surface area contributed by atoms with E-state index >= 15 is 0 Å². The van der Waals surface area contributed by atoms with Gasteiger partial charge >= 0.3 is 11.9 Å². The van der Waals surface area contributed by atoms with Gasteiger partial charge in [0.2, 0.25) is 0 Å². The number of ether oxygens (including phenoxy) is 1. The molecule has 1 fully saturated rings. The maximum absolute atomic E-state index is 11.4. The predicted octanol–water partition coefficient (Wildman–Crippen LogP) is 3.08. The summed E-state index contributed by atoms with van der Waals surface area (Å²) >= 11 is 0. The maximum Gasteiger partial charge on any atom is 0.328 e. The van der Waals surface area contributed by atoms with Crippen molar-refractivity contribution in [1.82, 2.24) is 0 Å². The first kappa shape index (κ1) is 22.6. The first-order chi connectivity index (χ1) is 13.1. The molecule has 2 aliphatic carbocycles. The lowest BCUT2D eigenvalue weighted by atomic mass is 9.45. The number of carbonyl (C=O) groups is 2. The molecule has 2 rings (SSSR count). The first-order valence-electron chi connectivity index (χ1n) is 10.1. The zero-order valence-corrected chi connectivity index (χ0v) is 17.4. The van der Waals surface area contributed by atoms with Gasteiger partial charge in [0.15, 0.2) is 0 Å². The van der Waals surface area contributed by atoms with Crippen molar-refractivity contribution in [3.05, 3.63) is 23.3 Å². The van der Waals surface area contributed by atoms with E-state index in [-0.39, 0.29) is 36.4 Å². The summed E-state index contributed by atoms with van der Waals surface area (Å²) in [5.74, 6) is -1.22. The van der Waals surface area contributed by atoms with Gasteiger partial charge in [-0.2, -0.15) is 0 Å². The largest absolute Gasteiger partial charge is 0.478 e. The summed E-state index contributed by atoms with van der Waals surface area (Å²) < 4.78 is 5.34. The number of esters is 1. The predicted molar refractivity (Wildman–Crippen MR) is 105 cm³/mol. The first-order valence-corrected chi connectivity index (χ1v) is 10.1. The summed E-state index contributed by atoms with van der Waals surface area (Å²) in [5, 5.41) is 30.0. The molecule has 158 valence electrons. The number of carboxylic acid groups (broad SMARTS) is 1. The van der Waals surface area contributed by atoms with E-state index in [9.17, 15) is 19.8 Å². The van der Waals surface area contributed by atoms with Gasteiger partial charge in [-0.1, -0.05) is 25.5 Å². The van der Waals surface area contributed by atoms with Gasteiger partial charge < -0.3 is 20.1 Å². The molecule has 5 atom stereocenters. The van der Waals surface area contributed by atoms with Crippen LogP contribution in [0.2, 0.25) is 0 Å². The third-order valence-corrected chi connectivity index (χ3v) is 7.28. The lowest BCUT2D eigenvalue weighted by Gasteiger charge is -2.60. The van der Waals surface area contributed by atoms with Gasteiger partial charge in [0.1, 0.15) is 0 Å². The van der Waals surface area contributed by atoms with Gasteiger partial charge in [-0.3, -0.25) is 4.79 Å². The topological polar surface area (TPSA) is 104 Å². The van der Waals surface area contributed by atoms with E-state index in [0.717, 1.165) is 30.4 Å². The molecule has 6 nitrogen and oxygen atoms in total. The average Bonchev–Trinajstić information content (AvgIpc) is 2.61. The Labute approximate surface area is 167 Å². The summed E-state index contributed by atoms with van der Waals surface area (Å²) in [7, 11) is 0. The highest BCUT2D eigenvalue weighted by atomic mass is 16.5. The number of allylic oxidation sites excluding steroid dienone is 2. The van der Waals surface area contributed by atoms with Crippen LogP contribution in [0.15, 0.2) is 23.3 Å². The van der Waals surface area contributed by atoms with Gasteiger partial charge in [0.05, 0.1) is 19.3 Å². The summed E-state index contributed by atoms with van der Waals surface area (Å²) in [6.07, 6.45) is 6.22. The van der Waals surface area contributed by atoms with E-state index in [1.807, 2.05) is 19.9 Å². The molecule has 2 aliphatic rings. The lowest BCUT2D eigenvalue weighted by molar-refractivity contribution is -0.161. The zero-order valence-electron chi connectivity index (χ0n) is 17.4. The molecule has 0 saturated heterocycles. The number of carboxylic acids is 1. The second-order valence-corrected chi connectivity index (χ2v) is 8.89. The number of hydrogen-bond donors (Lipinski definition) is 3. The van der Waals surface area contributed by atoms with Crippen molar-refractivity contribution in [1.29, 1.82) is 0 Å². The van der Waals surface area contributed by atoms with Crippen molar-refractivity contribution in [2.75, 3.05) is 13.2 Å². The van der Waals surface area contributed by atoms with Gasteiger partial charge in [-0.15, -0.1) is 0 Å². The van der Waals surface area contributed by atoms with Crippen molar-refractivity contribution in [3.8, 4) is 0 Å². The van der Waals surface area contributed by atoms with Crippen LogP contribution in [-0.2, 0) is 14.3 Å². The highest BCUT2D eigenvalue weighted by Gasteiger charge is 2.59. The van der Waals surface area contributed by atoms with Crippen LogP contribution >= 0.6 is 0 Å². The molecule has 1 saturated carbocycles. The summed E-state index contributed by atoms with van der Waals surface area (Å²) in [6, 6.07) is 0. The average molecular weight is 395 g/mol. The molecule has 0 aromatic carbocycles. The Hall–Kier alpha value is -1.66. The standard InChI is InChI=1S/C22H34O6/c1-14(10-20(26)27)8-9-21(3)17(13-28-15(2)24)11-19(25)22(4)16(12-23)6-5-7-18(21)22/h6,10,17-19,23,25H,5,7-9,11-13H2,1-4H3,(H,26,27)/b14-10+/t17-,18+,19-,21-,22-/m0/s1. The lowest BCUT2D eigenvalue weighted by Crippen LogP contribution is -2.58. The number of rotatable bonds is 7. The smallest absolute Gasteiger partial charge is 0.328 e. The fourth-order valence-electron chi connectivity index (χ4n) is 5.54. The Bertz CT molecular complexity index is 666. The minimum Gasteiger partial charge on any atom is -0.478 e. The molecule has 0 spiro atoms. The third kappa shape index (κ3) is 4.33. The maximum atomic E-state index is 11.4. The zero-order chi connectivity index (χ0) is 21.1. The van der Waals surface area contributed by atoms with Crippen molar-refractivity contribution in [2.24, 2.45) is 22.7 Å². The monoisotopic (exact) mass is 394 g/mol. The second-order valence-electron chi connectivity index (χ2n) is 8.89. The van der Waals surface area contributed by atoms with Crippen LogP contribution in [-0.4, -0.2) is 46.6 Å². The Balaban J connectivity index is 2.39. The minimum atomic E-state index is -0.953. The van der Waals surface area contributed by atoms with E-state index < -0.39 is 17.5 Å². The van der Waals surface area contributed by atoms with Gasteiger partial charge in [-0.05, 0) is 55.9 Å². The van der Waals surface area contributed by atoms with Crippen molar-refractivity contribution in [3.63, 3.8) is 0 Å². The van der Waals surface area contributed by atoms with Crippen LogP contribution in [0.1, 0.15) is 59.8 Å². The van der Waals surface area contributed by atoms with Crippen LogP contribution in [0.25, 0.3) is 0 Å². The molecule has 0 aromatic rings. The molecule has 0 amide bonds. The molecule has 0 unspecified atom stereocenters. The van der Waals surface area contributed by atoms with Crippen LogP contribution in [0, 0.1) is 22.7 Å². The summed E-state index contributed by atoms with van der Waals surface area (Å²) in [6.45, 7) is 7.57. The SMILES string of the molecule is CC(=O)OC[C@@H]1C[C@H](O)[C@@]2(C)C(CO)=CCC[C@@H]2[C@@]1(C)CC/C(C)=C/C(=O)O. The van der Waals surface area contributed by atoms with Crippen LogP contribution < -0.4 is 0 Å². The fourth-order valence-corrected chi connectivity index (χ4v) is 5.54. The van der Waals surface area contributed by atoms with Gasteiger partial charge in [0, 0.05) is 24.3 Å². The van der Waals surface area contributed by atoms with E-state index in [2.05, 4.69) is 6.92 Å². The Morgan fingerprint density at radius 2 is 2.00 bits per heavy atom. The van der Waals surface area contributed by atoms with E-state index in [1.165, 1.54) is 13.0 Å². The number of aliphatic carboxylic acids is 1. The number of carbonyl (C=O) groups excluding carboxylic acids is 1. The molecule has 28 heavy (non-hydrogen) atoms. The molecule has 0 heterocycles. The molecular weight excluding hydrogens is 360 g/mol. The molecule has 0 aromatic heterocycles. The second kappa shape index (κ2) is 8.78. The summed E-state index contributed by atoms with van der Waals surface area (Å²) in [5.41, 5.74) is 0.887. The highest BCUT2D eigenvalue weighted by Crippen LogP contribution is 2.62. The molecular formula is C22H34O6. The quantitative estimate of drug-likeness (QED) is 0.348. The van der Waals surface area contributed by atoms with Crippen molar-refractivity contribution < 1.29 is 29.6 Å². The van der Waals surface area contributed by atoms with Crippen LogP contribution in [0.5, 0.6) is 0 Å². The Kier molecular flexibility index (Phi) is 7.10. The van der Waals surface area contributed by atoms with E-state index in [4.69, 9.17) is 9.84 Å². The van der Waals surface area contributed by atoms with Crippen molar-refractivity contribution in [2.45, 2.75) is 65.9 Å². The van der Waals surface area contributed by atoms with Gasteiger partial charge in [0.25, 0.3) is 0 Å². The fraction of sp³-hybridized carbons (Fsp3) is 0.727. The summed E-state index contributed by atoms with van der Waals surface area (Å²) in [4.78, 5) is 22.4. The van der Waals surface area contributed by atoms with E-state index in [0.29, 0.717) is 12.8 Å². The normalized spacial score (nSPS) is 35.7. The number of aliphatic hydroxyl groups excluding tert-OH is 2. The van der Waals surface area contributed by atoms with Crippen LogP contribution in [0.3, 0.4) is 0 Å².